The fourth-order valence-corrected chi connectivity index (χ4v) is 5.04. The van der Waals surface area contributed by atoms with Crippen molar-refractivity contribution >= 4 is 27.3 Å². The van der Waals surface area contributed by atoms with Crippen LogP contribution in [0, 0.1) is 0 Å². The van der Waals surface area contributed by atoms with E-state index in [1.54, 1.807) is 11.0 Å². The Bertz CT molecular complexity index is 834. The maximum Gasteiger partial charge on any atom is 0.270 e. The van der Waals surface area contributed by atoms with Crippen LogP contribution >= 0.6 is 11.3 Å². The van der Waals surface area contributed by atoms with Crippen LogP contribution in [0.15, 0.2) is 47.3 Å². The van der Waals surface area contributed by atoms with Crippen molar-refractivity contribution in [2.75, 3.05) is 19.6 Å². The molecule has 0 atom stereocenters. The molecule has 2 aromatic heterocycles. The first-order chi connectivity index (χ1) is 12.0. The molecule has 134 valence electrons. The minimum Gasteiger partial charge on any atom is -0.356 e. The molecule has 0 bridgehead atoms. The van der Waals surface area contributed by atoms with Crippen molar-refractivity contribution in [2.45, 2.75) is 24.3 Å². The number of thiophene rings is 1. The van der Waals surface area contributed by atoms with Crippen LogP contribution < -0.4 is 0 Å². The number of nitrogens with zero attached hydrogens (tertiary/aromatic N) is 2. The summed E-state index contributed by atoms with van der Waals surface area (Å²) >= 11 is 1.51. The summed E-state index contributed by atoms with van der Waals surface area (Å²) in [4.78, 5) is 18.0. The van der Waals surface area contributed by atoms with E-state index < -0.39 is 10.0 Å². The van der Waals surface area contributed by atoms with Crippen molar-refractivity contribution in [3.05, 3.63) is 53.0 Å². The Balaban J connectivity index is 1.82. The molecule has 1 aliphatic rings. The predicted molar refractivity (Wildman–Crippen MR) is 98.0 cm³/mol. The van der Waals surface area contributed by atoms with Gasteiger partial charge in [0, 0.05) is 37.3 Å². The van der Waals surface area contributed by atoms with E-state index >= 15 is 0 Å². The van der Waals surface area contributed by atoms with E-state index in [0.717, 1.165) is 30.8 Å². The van der Waals surface area contributed by atoms with Gasteiger partial charge < -0.3 is 9.88 Å². The summed E-state index contributed by atoms with van der Waals surface area (Å²) in [6.45, 7) is 5.59. The van der Waals surface area contributed by atoms with Gasteiger partial charge in [-0.1, -0.05) is 12.1 Å². The summed E-state index contributed by atoms with van der Waals surface area (Å²) in [6, 6.07) is 5.22. The van der Waals surface area contributed by atoms with Crippen LogP contribution in [0.1, 0.15) is 28.2 Å². The molecule has 0 saturated carbocycles. The Hall–Kier alpha value is -1.90. The maximum atomic E-state index is 12.9. The number of aromatic amines is 1. The van der Waals surface area contributed by atoms with Gasteiger partial charge in [0.05, 0.1) is 0 Å². The lowest BCUT2D eigenvalue weighted by molar-refractivity contribution is 0.0787. The van der Waals surface area contributed by atoms with Gasteiger partial charge in [-0.3, -0.25) is 4.79 Å². The number of H-pyrrole nitrogens is 1. The van der Waals surface area contributed by atoms with E-state index in [4.69, 9.17) is 0 Å². The highest BCUT2D eigenvalue weighted by atomic mass is 32.2. The number of aromatic nitrogens is 1. The number of amides is 1. The molecule has 3 rings (SSSR count). The largest absolute Gasteiger partial charge is 0.356 e. The number of hydrogen-bond acceptors (Lipinski definition) is 4. The highest BCUT2D eigenvalue weighted by molar-refractivity contribution is 7.89. The van der Waals surface area contributed by atoms with Crippen LogP contribution in [-0.4, -0.2) is 48.1 Å². The van der Waals surface area contributed by atoms with Gasteiger partial charge in [-0.2, -0.15) is 4.31 Å². The third-order valence-corrected chi connectivity index (χ3v) is 6.81. The van der Waals surface area contributed by atoms with Crippen LogP contribution in [0.4, 0.5) is 0 Å². The Kier molecular flexibility index (Phi) is 5.41. The highest BCUT2D eigenvalue weighted by Gasteiger charge is 2.27. The lowest BCUT2D eigenvalue weighted by Crippen LogP contribution is -2.30. The molecule has 8 heteroatoms. The average molecular weight is 380 g/mol. The van der Waals surface area contributed by atoms with Crippen LogP contribution in [-0.2, 0) is 16.6 Å². The van der Waals surface area contributed by atoms with E-state index in [9.17, 15) is 13.2 Å². The Morgan fingerprint density at radius 3 is 2.80 bits per heavy atom. The summed E-state index contributed by atoms with van der Waals surface area (Å²) in [5.41, 5.74) is 0.315. The zero-order chi connectivity index (χ0) is 17.9. The van der Waals surface area contributed by atoms with Gasteiger partial charge in [-0.05, 0) is 30.4 Å². The fraction of sp³-hybridized carbons (Fsp3) is 0.353. The molecular weight excluding hydrogens is 358 g/mol. The van der Waals surface area contributed by atoms with Gasteiger partial charge in [0.15, 0.2) is 0 Å². The summed E-state index contributed by atoms with van der Waals surface area (Å²) in [5, 5.41) is 1.91. The van der Waals surface area contributed by atoms with Crippen molar-refractivity contribution in [1.29, 1.82) is 0 Å². The summed E-state index contributed by atoms with van der Waals surface area (Å²) in [6.07, 6.45) is 4.94. The first-order valence-corrected chi connectivity index (χ1v) is 10.5. The zero-order valence-electron chi connectivity index (χ0n) is 13.8. The first-order valence-electron chi connectivity index (χ1n) is 8.13. The monoisotopic (exact) mass is 379 g/mol. The molecule has 0 aromatic carbocycles. The van der Waals surface area contributed by atoms with Crippen LogP contribution in [0.25, 0.3) is 0 Å². The third kappa shape index (κ3) is 3.86. The number of sulfonamides is 1. The van der Waals surface area contributed by atoms with Gasteiger partial charge in [0.25, 0.3) is 5.91 Å². The Labute approximate surface area is 151 Å². The molecule has 0 unspecified atom stereocenters. The molecule has 1 fully saturated rings. The van der Waals surface area contributed by atoms with Crippen LogP contribution in [0.2, 0.25) is 0 Å². The second-order valence-electron chi connectivity index (χ2n) is 5.91. The molecule has 3 heterocycles. The van der Waals surface area contributed by atoms with Crippen molar-refractivity contribution in [1.82, 2.24) is 14.2 Å². The summed E-state index contributed by atoms with van der Waals surface area (Å²) < 4.78 is 27.2. The van der Waals surface area contributed by atoms with Crippen molar-refractivity contribution in [3.63, 3.8) is 0 Å². The SMILES string of the molecule is C=CCN(Cc1cccs1)S(=O)(=O)c1c[nH]c(C(=O)N2CCCC2)c1. The zero-order valence-corrected chi connectivity index (χ0v) is 15.5. The first kappa shape index (κ1) is 17.9. The molecule has 2 aromatic rings. The second-order valence-corrected chi connectivity index (χ2v) is 8.88. The predicted octanol–water partition coefficient (Wildman–Crippen LogP) is 2.69. The smallest absolute Gasteiger partial charge is 0.270 e. The van der Waals surface area contributed by atoms with E-state index in [0.29, 0.717) is 5.69 Å². The fourth-order valence-electron chi connectivity index (χ4n) is 2.85. The lowest BCUT2D eigenvalue weighted by Gasteiger charge is -2.19. The van der Waals surface area contributed by atoms with Gasteiger partial charge in [0.1, 0.15) is 10.6 Å². The normalized spacial score (nSPS) is 15.0. The molecule has 0 spiro atoms. The van der Waals surface area contributed by atoms with Crippen LogP contribution in [0.5, 0.6) is 0 Å². The van der Waals surface area contributed by atoms with E-state index in [2.05, 4.69) is 11.6 Å². The molecule has 1 aliphatic heterocycles. The van der Waals surface area contributed by atoms with Gasteiger partial charge in [-0.25, -0.2) is 8.42 Å². The quantitative estimate of drug-likeness (QED) is 0.752. The number of likely N-dealkylation sites (tertiary alicyclic amines) is 1. The number of rotatable bonds is 7. The van der Waals surface area contributed by atoms with E-state index in [-0.39, 0.29) is 23.9 Å². The minimum atomic E-state index is -3.71. The molecule has 1 saturated heterocycles. The van der Waals surface area contributed by atoms with E-state index in [1.807, 2.05) is 17.5 Å². The van der Waals surface area contributed by atoms with Crippen molar-refractivity contribution < 1.29 is 13.2 Å². The number of nitrogens with one attached hydrogen (secondary N) is 1. The standard InChI is InChI=1S/C17H21N3O3S2/c1-2-7-20(13-14-6-5-10-24-14)25(22,23)15-11-16(18-12-15)17(21)19-8-3-4-9-19/h2,5-6,10-12,18H,1,3-4,7-9,13H2. The minimum absolute atomic E-state index is 0.105. The topological polar surface area (TPSA) is 73.5 Å². The number of carbonyl (C=O) groups excluding carboxylic acids is 1. The Morgan fingerprint density at radius 2 is 2.16 bits per heavy atom. The van der Waals surface area contributed by atoms with Gasteiger partial charge in [-0.15, -0.1) is 17.9 Å². The molecular formula is C17H21N3O3S2. The number of carbonyl (C=O) groups is 1. The lowest BCUT2D eigenvalue weighted by atomic mass is 10.4. The molecule has 0 aliphatic carbocycles. The summed E-state index contributed by atoms with van der Waals surface area (Å²) in [7, 11) is -3.71. The molecule has 1 N–H and O–H groups in total. The summed E-state index contributed by atoms with van der Waals surface area (Å²) in [5.74, 6) is -0.146. The molecule has 0 radical (unpaired) electrons. The van der Waals surface area contributed by atoms with Gasteiger partial charge >= 0.3 is 0 Å². The number of hydrogen-bond donors (Lipinski definition) is 1. The van der Waals surface area contributed by atoms with Gasteiger partial charge in [0.2, 0.25) is 10.0 Å². The average Bonchev–Trinajstić information content (AvgIpc) is 3.34. The Morgan fingerprint density at radius 1 is 1.40 bits per heavy atom. The third-order valence-electron chi connectivity index (χ3n) is 4.16. The highest BCUT2D eigenvalue weighted by Crippen LogP contribution is 2.22. The molecule has 6 nitrogen and oxygen atoms in total. The van der Waals surface area contributed by atoms with Crippen molar-refractivity contribution in [3.8, 4) is 0 Å². The maximum absolute atomic E-state index is 12.9. The second kappa shape index (κ2) is 7.55. The van der Waals surface area contributed by atoms with Crippen molar-refractivity contribution in [2.24, 2.45) is 0 Å². The molecule has 1 amide bonds. The van der Waals surface area contributed by atoms with E-state index in [1.165, 1.54) is 27.9 Å². The van der Waals surface area contributed by atoms with Crippen LogP contribution in [0.3, 0.4) is 0 Å². The molecule has 25 heavy (non-hydrogen) atoms.